The van der Waals surface area contributed by atoms with Gasteiger partial charge in [-0.15, -0.1) is 0 Å². The molecule has 0 saturated heterocycles. The van der Waals surface area contributed by atoms with E-state index in [0.717, 1.165) is 0 Å². The highest BCUT2D eigenvalue weighted by Crippen LogP contribution is 1.81. The lowest BCUT2D eigenvalue weighted by Crippen LogP contribution is -2.16. The zero-order chi connectivity index (χ0) is 6.41. The average Bonchev–Trinajstić information content (AvgIpc) is 1.68. The normalized spacial score (nSPS) is 8.12. The average molecular weight is 132 g/mol. The van der Waals surface area contributed by atoms with Gasteiger partial charge >= 0.3 is 0 Å². The molecule has 0 aliphatic rings. The summed E-state index contributed by atoms with van der Waals surface area (Å²) in [6, 6.07) is 0. The molecular formula is C4H8N2OS. The molecule has 0 fully saturated rings. The van der Waals surface area contributed by atoms with Crippen molar-refractivity contribution in [2.45, 2.75) is 6.42 Å². The van der Waals surface area contributed by atoms with E-state index in [0.29, 0.717) is 12.2 Å². The number of rotatable bonds is 3. The maximum Gasteiger partial charge on any atom is 0.240 e. The van der Waals surface area contributed by atoms with Crippen LogP contribution >= 0.6 is 12.6 Å². The Hall–Kier alpha value is -0.510. The van der Waals surface area contributed by atoms with Crippen LogP contribution in [0.3, 0.4) is 0 Å². The van der Waals surface area contributed by atoms with Gasteiger partial charge in [-0.1, -0.05) is 0 Å². The van der Waals surface area contributed by atoms with Gasteiger partial charge in [-0.2, -0.15) is 17.7 Å². The van der Waals surface area contributed by atoms with Crippen molar-refractivity contribution in [3.05, 3.63) is 0 Å². The van der Waals surface area contributed by atoms with E-state index in [-0.39, 0.29) is 5.91 Å². The van der Waals surface area contributed by atoms with Gasteiger partial charge in [-0.3, -0.25) is 4.79 Å². The minimum Gasteiger partial charge on any atom is -0.273 e. The van der Waals surface area contributed by atoms with Gasteiger partial charge in [0.15, 0.2) is 0 Å². The summed E-state index contributed by atoms with van der Waals surface area (Å²) in [5, 5.41) is 3.17. The van der Waals surface area contributed by atoms with Crippen LogP contribution < -0.4 is 5.43 Å². The first-order valence-electron chi connectivity index (χ1n) is 2.16. The molecule has 0 atom stereocenters. The molecule has 0 saturated carbocycles. The number of amides is 1. The van der Waals surface area contributed by atoms with Crippen molar-refractivity contribution in [2.75, 3.05) is 5.75 Å². The Balaban J connectivity index is 3.18. The van der Waals surface area contributed by atoms with E-state index in [1.165, 1.54) is 0 Å². The second-order valence-corrected chi connectivity index (χ2v) is 1.61. The number of hydrazone groups is 1. The van der Waals surface area contributed by atoms with E-state index in [2.05, 4.69) is 29.9 Å². The Morgan fingerprint density at radius 3 is 2.88 bits per heavy atom. The predicted molar refractivity (Wildman–Crippen MR) is 36.2 cm³/mol. The first-order chi connectivity index (χ1) is 3.81. The van der Waals surface area contributed by atoms with Crippen LogP contribution in [-0.2, 0) is 4.79 Å². The van der Waals surface area contributed by atoms with Crippen molar-refractivity contribution in [3.8, 4) is 0 Å². The molecule has 0 aromatic carbocycles. The van der Waals surface area contributed by atoms with Gasteiger partial charge in [0.05, 0.1) is 0 Å². The quantitative estimate of drug-likeness (QED) is 0.318. The van der Waals surface area contributed by atoms with E-state index in [1.807, 2.05) is 0 Å². The number of hydrogen-bond acceptors (Lipinski definition) is 3. The lowest BCUT2D eigenvalue weighted by molar-refractivity contribution is -0.120. The summed E-state index contributed by atoms with van der Waals surface area (Å²) in [6.45, 7) is 3.08. The summed E-state index contributed by atoms with van der Waals surface area (Å²) in [5.41, 5.74) is 2.17. The van der Waals surface area contributed by atoms with Gasteiger partial charge < -0.3 is 0 Å². The molecule has 0 rings (SSSR count). The predicted octanol–water partition coefficient (Wildman–Crippen LogP) is 0.0381. The number of nitrogens with one attached hydrogen (secondary N) is 1. The van der Waals surface area contributed by atoms with E-state index >= 15 is 0 Å². The Morgan fingerprint density at radius 2 is 2.50 bits per heavy atom. The van der Waals surface area contributed by atoms with Crippen molar-refractivity contribution in [3.63, 3.8) is 0 Å². The topological polar surface area (TPSA) is 41.5 Å². The summed E-state index contributed by atoms with van der Waals surface area (Å²) in [4.78, 5) is 10.3. The number of carbonyl (C=O) groups excluding carboxylic acids is 1. The first kappa shape index (κ1) is 7.49. The van der Waals surface area contributed by atoms with Gasteiger partial charge in [0.2, 0.25) is 5.91 Å². The zero-order valence-corrected chi connectivity index (χ0v) is 5.32. The fourth-order valence-electron chi connectivity index (χ4n) is 0.246. The highest BCUT2D eigenvalue weighted by molar-refractivity contribution is 7.80. The van der Waals surface area contributed by atoms with Crippen molar-refractivity contribution in [2.24, 2.45) is 5.10 Å². The minimum absolute atomic E-state index is 0.144. The SMILES string of the molecule is C=NNC(=O)CCS. The lowest BCUT2D eigenvalue weighted by Gasteiger charge is -1.91. The highest BCUT2D eigenvalue weighted by Gasteiger charge is 1.92. The van der Waals surface area contributed by atoms with Gasteiger partial charge in [0.1, 0.15) is 0 Å². The third-order valence-corrected chi connectivity index (χ3v) is 0.766. The Kier molecular flexibility index (Phi) is 4.35. The molecule has 8 heavy (non-hydrogen) atoms. The Labute approximate surface area is 53.6 Å². The summed E-state index contributed by atoms with van der Waals surface area (Å²) in [5.74, 6) is 0.399. The molecule has 4 heteroatoms. The van der Waals surface area contributed by atoms with E-state index in [9.17, 15) is 4.79 Å². The van der Waals surface area contributed by atoms with Crippen LogP contribution in [0.15, 0.2) is 5.10 Å². The van der Waals surface area contributed by atoms with E-state index in [1.54, 1.807) is 0 Å². The Morgan fingerprint density at radius 1 is 1.88 bits per heavy atom. The summed E-state index contributed by atoms with van der Waals surface area (Å²) >= 11 is 3.83. The third kappa shape index (κ3) is 3.67. The fraction of sp³-hybridized carbons (Fsp3) is 0.500. The van der Waals surface area contributed by atoms with Gasteiger partial charge in [0.25, 0.3) is 0 Å². The van der Waals surface area contributed by atoms with Crippen LogP contribution in [0.4, 0.5) is 0 Å². The van der Waals surface area contributed by atoms with Gasteiger partial charge in [-0.25, -0.2) is 5.43 Å². The monoisotopic (exact) mass is 132 g/mol. The molecule has 0 aromatic rings. The second-order valence-electron chi connectivity index (χ2n) is 1.17. The van der Waals surface area contributed by atoms with Crippen LogP contribution in [-0.4, -0.2) is 18.4 Å². The molecule has 46 valence electrons. The number of thiol groups is 1. The van der Waals surface area contributed by atoms with Gasteiger partial charge in [-0.05, 0) is 5.75 Å². The molecule has 0 spiro atoms. The largest absolute Gasteiger partial charge is 0.273 e. The van der Waals surface area contributed by atoms with E-state index < -0.39 is 0 Å². The molecule has 0 radical (unpaired) electrons. The van der Waals surface area contributed by atoms with Crippen LogP contribution in [0.5, 0.6) is 0 Å². The molecule has 1 amide bonds. The van der Waals surface area contributed by atoms with Crippen LogP contribution in [0.1, 0.15) is 6.42 Å². The van der Waals surface area contributed by atoms with Crippen molar-refractivity contribution in [1.82, 2.24) is 5.43 Å². The van der Waals surface area contributed by atoms with Gasteiger partial charge in [0, 0.05) is 13.1 Å². The summed E-state index contributed by atoms with van der Waals surface area (Å²) in [6.07, 6.45) is 0.391. The van der Waals surface area contributed by atoms with Crippen molar-refractivity contribution < 1.29 is 4.79 Å². The number of hydrogen-bond donors (Lipinski definition) is 2. The molecule has 0 aliphatic heterocycles. The molecule has 0 aliphatic carbocycles. The molecular weight excluding hydrogens is 124 g/mol. The molecule has 1 N–H and O–H groups in total. The summed E-state index contributed by atoms with van der Waals surface area (Å²) in [7, 11) is 0. The van der Waals surface area contributed by atoms with Crippen molar-refractivity contribution in [1.29, 1.82) is 0 Å². The molecule has 0 unspecified atom stereocenters. The molecule has 0 heterocycles. The minimum atomic E-state index is -0.144. The van der Waals surface area contributed by atoms with Crippen molar-refractivity contribution >= 4 is 25.3 Å². The maximum atomic E-state index is 10.3. The van der Waals surface area contributed by atoms with E-state index in [4.69, 9.17) is 0 Å². The smallest absolute Gasteiger partial charge is 0.240 e. The standard InChI is InChI=1S/C4H8N2OS/c1-5-6-4(7)2-3-8/h8H,1-3H2,(H,6,7). The number of nitrogens with zero attached hydrogens (tertiary/aromatic N) is 1. The Bertz CT molecular complexity index is 94.0. The van der Waals surface area contributed by atoms with Crippen LogP contribution in [0.25, 0.3) is 0 Å². The third-order valence-electron chi connectivity index (χ3n) is 0.543. The molecule has 0 aromatic heterocycles. The molecule has 0 bridgehead atoms. The second kappa shape index (κ2) is 4.64. The first-order valence-corrected chi connectivity index (χ1v) is 2.80. The van der Waals surface area contributed by atoms with Crippen LogP contribution in [0, 0.1) is 0 Å². The fourth-order valence-corrected chi connectivity index (χ4v) is 0.449. The van der Waals surface area contributed by atoms with Crippen LogP contribution in [0.2, 0.25) is 0 Å². The molecule has 3 nitrogen and oxygen atoms in total. The zero-order valence-electron chi connectivity index (χ0n) is 4.42. The lowest BCUT2D eigenvalue weighted by atomic mass is 10.5. The summed E-state index contributed by atoms with van der Waals surface area (Å²) < 4.78 is 0. The highest BCUT2D eigenvalue weighted by atomic mass is 32.1. The number of carbonyl (C=O) groups is 1. The maximum absolute atomic E-state index is 10.3.